The summed E-state index contributed by atoms with van der Waals surface area (Å²) in [6, 6.07) is -1.04. The molecule has 224 valence electrons. The maximum absolute atomic E-state index is 12.9. The Morgan fingerprint density at radius 1 is 1.22 bits per heavy atom. The summed E-state index contributed by atoms with van der Waals surface area (Å²) in [7, 11) is 3.86. The summed E-state index contributed by atoms with van der Waals surface area (Å²) in [4.78, 5) is 34.4. The van der Waals surface area contributed by atoms with Crippen LogP contribution in [-0.4, -0.2) is 85.9 Å². The number of carbonyl (C=O) groups is 2. The number of piperazine rings is 1. The molecule has 5 N–H and O–H groups in total. The summed E-state index contributed by atoms with van der Waals surface area (Å²) in [5.41, 5.74) is 11.3. The molecule has 0 bridgehead atoms. The topological polar surface area (TPSA) is 156 Å². The van der Waals surface area contributed by atoms with E-state index in [4.69, 9.17) is 20.0 Å². The predicted molar refractivity (Wildman–Crippen MR) is 154 cm³/mol. The Morgan fingerprint density at radius 3 is 2.68 bits per heavy atom. The van der Waals surface area contributed by atoms with E-state index in [1.807, 2.05) is 32.1 Å². The first-order valence-corrected chi connectivity index (χ1v) is 14.4. The summed E-state index contributed by atoms with van der Waals surface area (Å²) in [6.07, 6.45) is 9.43. The minimum absolute atomic E-state index is 0.0140. The van der Waals surface area contributed by atoms with Gasteiger partial charge in [0, 0.05) is 51.5 Å². The highest BCUT2D eigenvalue weighted by molar-refractivity contribution is 6.08. The zero-order chi connectivity index (χ0) is 29.4. The number of allylic oxidation sites excluding steroid dienone is 4. The number of aliphatic imine (C=N–C) groups is 1. The zero-order valence-corrected chi connectivity index (χ0v) is 24.5. The highest BCUT2D eigenvalue weighted by Crippen LogP contribution is 2.30. The van der Waals surface area contributed by atoms with Gasteiger partial charge in [0.15, 0.2) is 6.04 Å². The average molecular weight is 570 g/mol. The van der Waals surface area contributed by atoms with Crippen LogP contribution >= 0.6 is 0 Å². The third kappa shape index (κ3) is 7.66. The maximum atomic E-state index is 12.9. The van der Waals surface area contributed by atoms with E-state index in [1.54, 1.807) is 7.11 Å². The van der Waals surface area contributed by atoms with Gasteiger partial charge in [-0.1, -0.05) is 31.2 Å². The van der Waals surface area contributed by atoms with E-state index in [0.29, 0.717) is 48.9 Å². The van der Waals surface area contributed by atoms with Crippen molar-refractivity contribution in [2.24, 2.45) is 10.2 Å². The zero-order valence-electron chi connectivity index (χ0n) is 24.5. The lowest BCUT2D eigenvalue weighted by molar-refractivity contribution is -0.122. The molecule has 0 aromatic rings. The molecule has 1 fully saturated rings. The van der Waals surface area contributed by atoms with Crippen molar-refractivity contribution in [1.82, 2.24) is 31.2 Å². The van der Waals surface area contributed by atoms with Crippen molar-refractivity contribution >= 4 is 17.6 Å². The van der Waals surface area contributed by atoms with Crippen LogP contribution in [0.25, 0.3) is 0 Å². The quantitative estimate of drug-likeness (QED) is 0.198. The average Bonchev–Trinajstić information content (AvgIpc) is 2.98. The van der Waals surface area contributed by atoms with Gasteiger partial charge in [-0.2, -0.15) is 10.5 Å². The van der Waals surface area contributed by atoms with Crippen molar-refractivity contribution in [1.29, 1.82) is 5.53 Å². The fourth-order valence-electron chi connectivity index (χ4n) is 5.40. The number of nitrogens with one attached hydrogen (secondary N) is 5. The third-order valence-corrected chi connectivity index (χ3v) is 7.76. The van der Waals surface area contributed by atoms with Crippen molar-refractivity contribution in [3.8, 4) is 0 Å². The smallest absolute Gasteiger partial charge is 0.271 e. The van der Waals surface area contributed by atoms with Crippen LogP contribution in [0.1, 0.15) is 52.4 Å². The van der Waals surface area contributed by atoms with Gasteiger partial charge in [-0.05, 0) is 32.4 Å². The lowest BCUT2D eigenvalue weighted by Crippen LogP contribution is -2.56. The molecule has 3 atom stereocenters. The first kappa shape index (κ1) is 30.1. The Bertz CT molecular complexity index is 1150. The number of amides is 2. The minimum atomic E-state index is -0.864. The fourth-order valence-corrected chi connectivity index (χ4v) is 5.40. The number of hydrogen-bond acceptors (Lipinski definition) is 11. The van der Waals surface area contributed by atoms with Gasteiger partial charge >= 0.3 is 0 Å². The van der Waals surface area contributed by atoms with Gasteiger partial charge in [-0.25, -0.2) is 5.43 Å². The number of ether oxygens (including phenoxy) is 2. The van der Waals surface area contributed by atoms with Crippen molar-refractivity contribution in [3.05, 3.63) is 47.0 Å². The molecule has 0 spiro atoms. The van der Waals surface area contributed by atoms with E-state index in [1.165, 1.54) is 5.70 Å². The standard InChI is InChI=1S/C28H43N9O4/c1-5-21-28(41-20-9-7-8-18(16-20)30-24(38)6-2)33-26(25(32-21)27(39)34-35-29)31-19-10-11-22(23(17-19)40-4)37-14-12-36(3)13-15-37/h7-9,18-19,25,32H,5-6,10-17H2,1-4H3,(H,30,38)(H,31,33)(H2,29,34,39). The second-order valence-electron chi connectivity index (χ2n) is 10.6. The van der Waals surface area contributed by atoms with Crippen LogP contribution in [0.3, 0.4) is 0 Å². The minimum Gasteiger partial charge on any atom is -0.499 e. The molecule has 3 unspecified atom stereocenters. The van der Waals surface area contributed by atoms with Crippen LogP contribution in [0.2, 0.25) is 0 Å². The van der Waals surface area contributed by atoms with Crippen LogP contribution in [0.15, 0.2) is 57.2 Å². The molecule has 4 rings (SSSR count). The molecule has 2 aliphatic heterocycles. The van der Waals surface area contributed by atoms with Gasteiger partial charge in [0.1, 0.15) is 17.4 Å². The number of likely N-dealkylation sites (N-methyl/N-ethyl adjacent to an activating group) is 1. The predicted octanol–water partition coefficient (Wildman–Crippen LogP) is 2.00. The maximum Gasteiger partial charge on any atom is 0.271 e. The van der Waals surface area contributed by atoms with Crippen LogP contribution < -0.4 is 21.4 Å². The van der Waals surface area contributed by atoms with Gasteiger partial charge in [-0.15, -0.1) is 0 Å². The molecule has 13 nitrogen and oxygen atoms in total. The van der Waals surface area contributed by atoms with E-state index in [9.17, 15) is 9.59 Å². The summed E-state index contributed by atoms with van der Waals surface area (Å²) in [5.74, 6) is 1.84. The number of rotatable bonds is 10. The van der Waals surface area contributed by atoms with Gasteiger partial charge < -0.3 is 35.2 Å². The highest BCUT2D eigenvalue weighted by Gasteiger charge is 2.34. The normalized spacial score (nSPS) is 25.1. The molecule has 1 saturated heterocycles. The van der Waals surface area contributed by atoms with Crippen LogP contribution in [0.4, 0.5) is 0 Å². The van der Waals surface area contributed by atoms with Crippen molar-refractivity contribution in [2.45, 2.75) is 70.5 Å². The molecule has 0 radical (unpaired) electrons. The molecule has 2 amide bonds. The second-order valence-corrected chi connectivity index (χ2v) is 10.6. The number of hydrogen-bond donors (Lipinski definition) is 5. The number of carbonyl (C=O) groups excluding carboxylic acids is 2. The molecule has 0 saturated carbocycles. The first-order chi connectivity index (χ1) is 19.8. The number of methoxy groups -OCH3 is 1. The van der Waals surface area contributed by atoms with Gasteiger partial charge in [-0.3, -0.25) is 9.59 Å². The lowest BCUT2D eigenvalue weighted by atomic mass is 9.95. The molecule has 13 heteroatoms. The Morgan fingerprint density at radius 2 is 2.00 bits per heavy atom. The van der Waals surface area contributed by atoms with E-state index < -0.39 is 11.9 Å². The Kier molecular flexibility index (Phi) is 10.4. The van der Waals surface area contributed by atoms with Crippen molar-refractivity contribution < 1.29 is 19.1 Å². The molecule has 2 aliphatic carbocycles. The van der Waals surface area contributed by atoms with Crippen LogP contribution in [0.5, 0.6) is 0 Å². The highest BCUT2D eigenvalue weighted by atomic mass is 16.5. The first-order valence-electron chi connectivity index (χ1n) is 14.4. The second kappa shape index (κ2) is 14.2. The Hall–Kier alpha value is -3.87. The summed E-state index contributed by atoms with van der Waals surface area (Å²) in [5, 5.41) is 12.8. The number of amidine groups is 1. The summed E-state index contributed by atoms with van der Waals surface area (Å²) >= 11 is 0. The van der Waals surface area contributed by atoms with Crippen molar-refractivity contribution in [2.75, 3.05) is 40.3 Å². The van der Waals surface area contributed by atoms with Gasteiger partial charge in [0.2, 0.25) is 11.8 Å². The largest absolute Gasteiger partial charge is 0.499 e. The van der Waals surface area contributed by atoms with Crippen molar-refractivity contribution in [3.63, 3.8) is 0 Å². The summed E-state index contributed by atoms with van der Waals surface area (Å²) < 4.78 is 12.1. The fraction of sp³-hybridized carbons (Fsp3) is 0.607. The SMILES string of the molecule is CCC(=O)NC1C=CC=C(OC2=C(CC)NC(C(=O)NN=N)C(NC3CCC(N4CCN(C)CC4)=C(OC)C3)=N2)C1. The molecule has 0 aromatic carbocycles. The molecule has 41 heavy (non-hydrogen) atoms. The van der Waals surface area contributed by atoms with E-state index in [0.717, 1.165) is 44.8 Å². The van der Waals surface area contributed by atoms with E-state index >= 15 is 0 Å². The molecule has 2 heterocycles. The lowest BCUT2D eigenvalue weighted by Gasteiger charge is -2.39. The van der Waals surface area contributed by atoms with Gasteiger partial charge in [0.05, 0.1) is 24.5 Å². The Labute approximate surface area is 241 Å². The summed E-state index contributed by atoms with van der Waals surface area (Å²) in [6.45, 7) is 7.76. The molecular weight excluding hydrogens is 526 g/mol. The number of nitrogens with zero attached hydrogens (tertiary/aromatic N) is 4. The van der Waals surface area contributed by atoms with E-state index in [2.05, 4.69) is 43.4 Å². The van der Waals surface area contributed by atoms with Gasteiger partial charge in [0.25, 0.3) is 5.91 Å². The Balaban J connectivity index is 1.52. The monoisotopic (exact) mass is 569 g/mol. The van der Waals surface area contributed by atoms with Crippen LogP contribution in [0, 0.1) is 5.53 Å². The molecule has 4 aliphatic rings. The van der Waals surface area contributed by atoms with Crippen LogP contribution in [-0.2, 0) is 19.1 Å². The third-order valence-electron chi connectivity index (χ3n) is 7.76. The van der Waals surface area contributed by atoms with E-state index in [-0.39, 0.29) is 18.0 Å². The molecular formula is C28H43N9O4. The molecule has 0 aromatic heterocycles.